The third-order valence-corrected chi connectivity index (χ3v) is 5.25. The Bertz CT molecular complexity index is 292. The molecule has 1 aromatic rings. The van der Waals surface area contributed by atoms with Crippen molar-refractivity contribution in [2.45, 2.75) is 18.9 Å². The average molecular weight is 403 g/mol. The molecule has 1 saturated heterocycles. The fourth-order valence-corrected chi connectivity index (χ4v) is 2.71. The maximum absolute atomic E-state index is 4.31. The van der Waals surface area contributed by atoms with Crippen LogP contribution in [0.3, 0.4) is 0 Å². The second-order valence-corrected chi connectivity index (χ2v) is 5.28. The van der Waals surface area contributed by atoms with E-state index in [9.17, 15) is 0 Å². The van der Waals surface area contributed by atoms with Gasteiger partial charge in [0, 0.05) is 12.6 Å². The van der Waals surface area contributed by atoms with Gasteiger partial charge in [0.05, 0.1) is 6.33 Å². The number of halogens is 2. The van der Waals surface area contributed by atoms with Gasteiger partial charge in [-0.2, -0.15) is 0 Å². The minimum absolute atomic E-state index is 0.608. The number of imidazole rings is 1. The number of rotatable bonds is 1. The molecule has 0 saturated carbocycles. The molecule has 1 aliphatic heterocycles. The first-order valence-corrected chi connectivity index (χ1v) is 6.53. The van der Waals surface area contributed by atoms with Gasteiger partial charge >= 0.3 is 0 Å². The average Bonchev–Trinajstić information content (AvgIpc) is 2.49. The monoisotopic (exact) mass is 403 g/mol. The van der Waals surface area contributed by atoms with Crippen LogP contribution in [0.2, 0.25) is 0 Å². The molecule has 0 radical (unpaired) electrons. The molecule has 1 aliphatic rings. The highest BCUT2D eigenvalue weighted by molar-refractivity contribution is 14.1. The van der Waals surface area contributed by atoms with Gasteiger partial charge in [0.2, 0.25) is 0 Å². The summed E-state index contributed by atoms with van der Waals surface area (Å²) in [6.07, 6.45) is 4.51. The van der Waals surface area contributed by atoms with E-state index < -0.39 is 0 Å². The number of hydrogen-bond acceptors (Lipinski definition) is 2. The first kappa shape index (κ1) is 10.2. The van der Waals surface area contributed by atoms with Gasteiger partial charge in [-0.25, -0.2) is 4.98 Å². The van der Waals surface area contributed by atoms with Gasteiger partial charge in [0.1, 0.15) is 7.40 Å². The second-order valence-electron chi connectivity index (χ2n) is 3.23. The molecule has 0 unspecified atom stereocenters. The summed E-state index contributed by atoms with van der Waals surface area (Å²) >= 11 is 4.65. The summed E-state index contributed by atoms with van der Waals surface area (Å²) in [6.45, 7) is 2.25. The molecule has 1 fully saturated rings. The van der Waals surface area contributed by atoms with E-state index in [4.69, 9.17) is 0 Å². The highest BCUT2D eigenvalue weighted by Gasteiger charge is 2.17. The fraction of sp³-hybridized carbons (Fsp3) is 0.625. The van der Waals surface area contributed by atoms with Crippen LogP contribution in [0, 0.1) is 7.40 Å². The van der Waals surface area contributed by atoms with Gasteiger partial charge in [0.25, 0.3) is 0 Å². The number of nitrogens with one attached hydrogen (secondary N) is 1. The van der Waals surface area contributed by atoms with Crippen molar-refractivity contribution in [1.29, 1.82) is 0 Å². The number of hydrogen-bond donors (Lipinski definition) is 1. The minimum atomic E-state index is 0.608. The molecule has 13 heavy (non-hydrogen) atoms. The zero-order valence-electron chi connectivity index (χ0n) is 7.13. The zero-order valence-corrected chi connectivity index (χ0v) is 11.4. The summed E-state index contributed by atoms with van der Waals surface area (Å²) in [5, 5.41) is 3.42. The summed E-state index contributed by atoms with van der Waals surface area (Å²) in [6, 6.07) is 0.608. The van der Waals surface area contributed by atoms with E-state index in [0.29, 0.717) is 6.04 Å². The largest absolute Gasteiger partial charge is 0.321 e. The van der Waals surface area contributed by atoms with E-state index in [2.05, 4.69) is 60.0 Å². The number of nitrogens with zero attached hydrogens (tertiary/aromatic N) is 2. The lowest BCUT2D eigenvalue weighted by Gasteiger charge is -2.24. The summed E-state index contributed by atoms with van der Waals surface area (Å²) in [7, 11) is 0. The molecule has 0 amide bonds. The lowest BCUT2D eigenvalue weighted by atomic mass is 10.1. The first-order chi connectivity index (χ1) is 6.29. The lowest BCUT2D eigenvalue weighted by Crippen LogP contribution is -2.31. The third-order valence-electron chi connectivity index (χ3n) is 2.36. The van der Waals surface area contributed by atoms with Crippen LogP contribution in [0.5, 0.6) is 0 Å². The second kappa shape index (κ2) is 4.43. The molecule has 0 spiro atoms. The van der Waals surface area contributed by atoms with Crippen molar-refractivity contribution in [2.24, 2.45) is 0 Å². The highest BCUT2D eigenvalue weighted by Crippen LogP contribution is 2.22. The van der Waals surface area contributed by atoms with Crippen LogP contribution in [0.15, 0.2) is 6.33 Å². The third kappa shape index (κ3) is 2.17. The van der Waals surface area contributed by atoms with Gasteiger partial charge in [-0.3, -0.25) is 0 Å². The standard InChI is InChI=1S/C8H11I2N3/c9-7-8(10)13(5-12-7)6-2-1-3-11-4-6/h5-6,11H,1-4H2/t6-/m0/s1. The van der Waals surface area contributed by atoms with Crippen LogP contribution in [-0.4, -0.2) is 22.6 Å². The predicted octanol–water partition coefficient (Wildman–Crippen LogP) is 2.02. The summed E-state index contributed by atoms with van der Waals surface area (Å²) in [4.78, 5) is 4.31. The molecule has 0 bridgehead atoms. The van der Waals surface area contributed by atoms with Gasteiger partial charge in [-0.1, -0.05) is 0 Å². The Morgan fingerprint density at radius 2 is 2.38 bits per heavy atom. The van der Waals surface area contributed by atoms with Gasteiger partial charge in [-0.05, 0) is 64.6 Å². The quantitative estimate of drug-likeness (QED) is 0.728. The smallest absolute Gasteiger partial charge is 0.132 e. The molecular formula is C8H11I2N3. The molecule has 0 aliphatic carbocycles. The van der Waals surface area contributed by atoms with Crippen LogP contribution in [0.1, 0.15) is 18.9 Å². The Hall–Kier alpha value is 0.630. The Kier molecular flexibility index (Phi) is 3.46. The van der Waals surface area contributed by atoms with Crippen LogP contribution in [0.25, 0.3) is 0 Å². The Morgan fingerprint density at radius 1 is 1.54 bits per heavy atom. The molecular weight excluding hydrogens is 392 g/mol. The van der Waals surface area contributed by atoms with Gasteiger partial charge in [-0.15, -0.1) is 0 Å². The minimum Gasteiger partial charge on any atom is -0.321 e. The molecule has 2 heterocycles. The van der Waals surface area contributed by atoms with Crippen molar-refractivity contribution in [1.82, 2.24) is 14.9 Å². The summed E-state index contributed by atoms with van der Waals surface area (Å²) in [5.74, 6) is 0. The van der Waals surface area contributed by atoms with Crippen LogP contribution < -0.4 is 5.32 Å². The van der Waals surface area contributed by atoms with Crippen molar-refractivity contribution in [3.05, 3.63) is 13.7 Å². The van der Waals surface area contributed by atoms with Crippen molar-refractivity contribution in [3.63, 3.8) is 0 Å². The van der Waals surface area contributed by atoms with E-state index in [1.54, 1.807) is 0 Å². The SMILES string of the molecule is Ic1ncn([C@H]2CCCNC2)c1I. The van der Waals surface area contributed by atoms with Crippen molar-refractivity contribution in [2.75, 3.05) is 13.1 Å². The normalized spacial score (nSPS) is 23.4. The Balaban J connectivity index is 2.18. The van der Waals surface area contributed by atoms with Crippen molar-refractivity contribution >= 4 is 45.2 Å². The van der Waals surface area contributed by atoms with E-state index in [1.807, 2.05) is 6.33 Å². The number of aromatic nitrogens is 2. The first-order valence-electron chi connectivity index (χ1n) is 4.37. The topological polar surface area (TPSA) is 29.9 Å². The molecule has 72 valence electrons. The summed E-state index contributed by atoms with van der Waals surface area (Å²) < 4.78 is 4.67. The van der Waals surface area contributed by atoms with Crippen LogP contribution in [-0.2, 0) is 0 Å². The van der Waals surface area contributed by atoms with Gasteiger partial charge in [0.15, 0.2) is 0 Å². The molecule has 2 rings (SSSR count). The van der Waals surface area contributed by atoms with Crippen LogP contribution >= 0.6 is 45.2 Å². The molecule has 1 atom stereocenters. The van der Waals surface area contributed by atoms with E-state index >= 15 is 0 Å². The maximum atomic E-state index is 4.31. The molecule has 3 nitrogen and oxygen atoms in total. The molecule has 5 heteroatoms. The Labute approximate surface area is 105 Å². The predicted molar refractivity (Wildman–Crippen MR) is 68.8 cm³/mol. The van der Waals surface area contributed by atoms with E-state index in [1.165, 1.54) is 23.1 Å². The van der Waals surface area contributed by atoms with Crippen LogP contribution in [0.4, 0.5) is 0 Å². The van der Waals surface area contributed by atoms with Crippen molar-refractivity contribution < 1.29 is 0 Å². The molecule has 1 aromatic heterocycles. The zero-order chi connectivity index (χ0) is 9.26. The molecule has 1 N–H and O–H groups in total. The maximum Gasteiger partial charge on any atom is 0.132 e. The molecule has 0 aromatic carbocycles. The fourth-order valence-electron chi connectivity index (χ4n) is 1.65. The van der Waals surface area contributed by atoms with Gasteiger partial charge < -0.3 is 9.88 Å². The lowest BCUT2D eigenvalue weighted by molar-refractivity contribution is 0.367. The Morgan fingerprint density at radius 3 is 2.92 bits per heavy atom. The van der Waals surface area contributed by atoms with Crippen molar-refractivity contribution in [3.8, 4) is 0 Å². The number of piperidine rings is 1. The highest BCUT2D eigenvalue weighted by atomic mass is 127. The van der Waals surface area contributed by atoms with E-state index in [-0.39, 0.29) is 0 Å². The summed E-state index contributed by atoms with van der Waals surface area (Å²) in [5.41, 5.74) is 0. The van der Waals surface area contributed by atoms with E-state index in [0.717, 1.165) is 10.2 Å².